The molecule has 1 aliphatic heterocycles. The highest BCUT2D eigenvalue weighted by molar-refractivity contribution is 7.13. The molecule has 5 aromatic rings. The van der Waals surface area contributed by atoms with Crippen molar-refractivity contribution in [1.82, 2.24) is 40.5 Å². The Labute approximate surface area is 346 Å². The smallest absolute Gasteiger partial charge is 0.246 e. The Morgan fingerprint density at radius 3 is 2.42 bits per heavy atom. The van der Waals surface area contributed by atoms with Crippen molar-refractivity contribution in [2.24, 2.45) is 5.92 Å². The fourth-order valence-electron chi connectivity index (χ4n) is 6.86. The number of hydrogen-bond acceptors (Lipinski definition) is 13. The number of ether oxygens (including phenoxy) is 2. The van der Waals surface area contributed by atoms with Crippen molar-refractivity contribution in [2.45, 2.75) is 71.3 Å². The third kappa shape index (κ3) is 10.9. The molecule has 0 aliphatic carbocycles. The van der Waals surface area contributed by atoms with E-state index in [0.29, 0.717) is 36.6 Å². The van der Waals surface area contributed by atoms with E-state index in [4.69, 9.17) is 15.2 Å². The first-order chi connectivity index (χ1) is 28.4. The van der Waals surface area contributed by atoms with E-state index in [1.807, 2.05) is 63.7 Å². The van der Waals surface area contributed by atoms with Gasteiger partial charge in [-0.15, -0.1) is 21.5 Å². The Morgan fingerprint density at radius 1 is 0.966 bits per heavy atom. The molecule has 4 atom stereocenters. The molecule has 0 bridgehead atoms. The summed E-state index contributed by atoms with van der Waals surface area (Å²) in [5, 5.41) is 39.2. The second-order valence-corrected chi connectivity index (χ2v) is 15.7. The molecule has 16 nitrogen and oxygen atoms in total. The lowest BCUT2D eigenvalue weighted by Crippen LogP contribution is -2.55. The number of aromatic nitrogens is 5. The number of hydrogen-bond donors (Lipinski definition) is 5. The largest absolute Gasteiger partial charge is 0.507 e. The fraction of sp³-hybridized carbons (Fsp3) is 0.405. The standard InChI is InChI=1S/C42H51N9O7S/c1-25(2)38(42(56)51-23-31(52)19-35(51)41(55)46-26(3)28-9-11-29(12-10-28)39-27(4)44-24-59-39)47-37(54)13-15-57-17-18-58-16-14-50-22-30(21-45-50)33-20-34(48-49-40(33)43)32-7-5-6-8-36(32)53/h5-12,20-22,24-26,31,35,38,52-53H,13-19,23H2,1-4H3,(H2,43,49)(H,46,55)(H,47,54)/t26-,31+,35-,38-/m0/s1. The van der Waals surface area contributed by atoms with Gasteiger partial charge < -0.3 is 41.0 Å². The van der Waals surface area contributed by atoms with Crippen molar-refractivity contribution in [2.75, 3.05) is 38.7 Å². The minimum atomic E-state index is -0.889. The molecule has 1 fully saturated rings. The summed E-state index contributed by atoms with van der Waals surface area (Å²) in [6.07, 6.45) is 2.76. The van der Waals surface area contributed by atoms with Crippen molar-refractivity contribution in [3.05, 3.63) is 83.8 Å². The lowest BCUT2D eigenvalue weighted by molar-refractivity contribution is -0.142. The van der Waals surface area contributed by atoms with E-state index in [0.717, 1.165) is 27.3 Å². The lowest BCUT2D eigenvalue weighted by atomic mass is 10.0. The molecular formula is C42H51N9O7S. The van der Waals surface area contributed by atoms with Crippen LogP contribution >= 0.6 is 11.3 Å². The monoisotopic (exact) mass is 825 g/mol. The van der Waals surface area contributed by atoms with Gasteiger partial charge in [-0.3, -0.25) is 19.1 Å². The summed E-state index contributed by atoms with van der Waals surface area (Å²) < 4.78 is 13.0. The van der Waals surface area contributed by atoms with Crippen LogP contribution in [0, 0.1) is 12.8 Å². The molecule has 0 radical (unpaired) electrons. The number of carbonyl (C=O) groups excluding carboxylic acids is 3. The number of thiazole rings is 1. The van der Waals surface area contributed by atoms with Gasteiger partial charge in [-0.05, 0) is 49.1 Å². The Bertz CT molecular complexity index is 2210. The molecule has 0 spiro atoms. The number of aliphatic hydroxyl groups excluding tert-OH is 1. The Hall–Kier alpha value is -5.75. The number of phenols is 1. The van der Waals surface area contributed by atoms with Crippen molar-refractivity contribution in [1.29, 1.82) is 0 Å². The van der Waals surface area contributed by atoms with Gasteiger partial charge in [0.2, 0.25) is 17.7 Å². The summed E-state index contributed by atoms with van der Waals surface area (Å²) in [5.74, 6) is -1.09. The van der Waals surface area contributed by atoms with E-state index in [-0.39, 0.29) is 67.9 Å². The lowest BCUT2D eigenvalue weighted by Gasteiger charge is -2.31. The Balaban J connectivity index is 0.907. The number of carbonyl (C=O) groups is 3. The molecule has 0 saturated carbocycles. The van der Waals surface area contributed by atoms with E-state index in [1.165, 1.54) is 4.90 Å². The first-order valence-electron chi connectivity index (χ1n) is 19.6. The van der Waals surface area contributed by atoms with E-state index in [9.17, 15) is 24.6 Å². The number of β-amino-alcohol motifs (C(OH)–C–C–N with tert-alkyl or cyclic N) is 1. The summed E-state index contributed by atoms with van der Waals surface area (Å²) >= 11 is 1.57. The Morgan fingerprint density at radius 2 is 1.71 bits per heavy atom. The van der Waals surface area contributed by atoms with Crippen LogP contribution in [-0.2, 0) is 30.4 Å². The number of nitrogens with two attached hydrogens (primary N) is 1. The molecule has 2 aromatic carbocycles. The van der Waals surface area contributed by atoms with Crippen LogP contribution in [0.3, 0.4) is 0 Å². The van der Waals surface area contributed by atoms with Crippen LogP contribution in [0.2, 0.25) is 0 Å². The number of likely N-dealkylation sites (tertiary alicyclic amines) is 1. The number of nitrogen functional groups attached to an aromatic ring is 1. The molecule has 17 heteroatoms. The fourth-order valence-corrected chi connectivity index (χ4v) is 7.67. The van der Waals surface area contributed by atoms with Gasteiger partial charge in [-0.1, -0.05) is 50.2 Å². The molecule has 1 aliphatic rings. The van der Waals surface area contributed by atoms with Gasteiger partial charge in [0, 0.05) is 42.3 Å². The quantitative estimate of drug-likeness (QED) is 0.0788. The summed E-state index contributed by atoms with van der Waals surface area (Å²) in [4.78, 5) is 47.0. The second kappa shape index (κ2) is 19.8. The van der Waals surface area contributed by atoms with Crippen LogP contribution in [0.25, 0.3) is 32.8 Å². The maximum atomic E-state index is 13.8. The van der Waals surface area contributed by atoms with Crippen molar-refractivity contribution in [3.63, 3.8) is 0 Å². The SMILES string of the molecule is Cc1ncsc1-c1ccc([C@H](C)NC(=O)[C@@H]2C[C@@H](O)CN2C(=O)[C@@H](NC(=O)CCOCCOCCn2cc(-c3cc(-c4ccccc4O)nnc3N)cn2)C(C)C)cc1. The molecule has 3 amide bonds. The van der Waals surface area contributed by atoms with E-state index in [1.54, 1.807) is 52.5 Å². The van der Waals surface area contributed by atoms with Crippen LogP contribution in [-0.4, -0.2) is 109 Å². The number of amides is 3. The molecule has 1 saturated heterocycles. The number of aromatic hydroxyl groups is 1. The number of benzene rings is 2. The number of nitrogens with zero attached hydrogens (tertiary/aromatic N) is 6. The summed E-state index contributed by atoms with van der Waals surface area (Å²) in [6, 6.07) is 14.4. The number of aryl methyl sites for hydroxylation is 1. The predicted molar refractivity (Wildman–Crippen MR) is 223 cm³/mol. The molecule has 4 heterocycles. The van der Waals surface area contributed by atoms with Crippen LogP contribution in [0.5, 0.6) is 5.75 Å². The number of phenolic OH excluding ortho intramolecular Hbond substituents is 1. The summed E-state index contributed by atoms with van der Waals surface area (Å²) in [5.41, 5.74) is 13.2. The minimum absolute atomic E-state index is 0.00345. The van der Waals surface area contributed by atoms with Crippen molar-refractivity contribution < 1.29 is 34.1 Å². The first kappa shape index (κ1) is 42.8. The van der Waals surface area contributed by atoms with Crippen molar-refractivity contribution >= 4 is 34.9 Å². The number of nitrogens with one attached hydrogen (secondary N) is 2. The third-order valence-electron chi connectivity index (χ3n) is 10.1. The second-order valence-electron chi connectivity index (χ2n) is 14.8. The van der Waals surface area contributed by atoms with E-state index in [2.05, 4.69) is 30.9 Å². The first-order valence-corrected chi connectivity index (χ1v) is 20.5. The predicted octanol–water partition coefficient (Wildman–Crippen LogP) is 4.13. The van der Waals surface area contributed by atoms with Crippen LogP contribution in [0.15, 0.2) is 72.5 Å². The number of anilines is 1. The summed E-state index contributed by atoms with van der Waals surface area (Å²) in [7, 11) is 0. The zero-order valence-electron chi connectivity index (χ0n) is 33.6. The van der Waals surface area contributed by atoms with Gasteiger partial charge in [0.25, 0.3) is 0 Å². The maximum Gasteiger partial charge on any atom is 0.246 e. The van der Waals surface area contributed by atoms with Gasteiger partial charge in [0.1, 0.15) is 17.8 Å². The number of rotatable bonds is 18. The molecular weight excluding hydrogens is 775 g/mol. The molecule has 3 aromatic heterocycles. The van der Waals surface area contributed by atoms with Gasteiger partial charge in [-0.25, -0.2) is 4.98 Å². The zero-order valence-corrected chi connectivity index (χ0v) is 34.4. The Kier molecular flexibility index (Phi) is 14.4. The molecule has 59 heavy (non-hydrogen) atoms. The molecule has 6 rings (SSSR count). The van der Waals surface area contributed by atoms with Gasteiger partial charge in [0.05, 0.1) is 73.1 Å². The summed E-state index contributed by atoms with van der Waals surface area (Å²) in [6.45, 7) is 8.99. The van der Waals surface area contributed by atoms with Gasteiger partial charge >= 0.3 is 0 Å². The normalized spacial score (nSPS) is 16.3. The average molecular weight is 826 g/mol. The minimum Gasteiger partial charge on any atom is -0.507 e. The highest BCUT2D eigenvalue weighted by Gasteiger charge is 2.42. The van der Waals surface area contributed by atoms with Gasteiger partial charge in [0.15, 0.2) is 5.82 Å². The highest BCUT2D eigenvalue weighted by Crippen LogP contribution is 2.32. The van der Waals surface area contributed by atoms with Crippen LogP contribution in [0.4, 0.5) is 5.82 Å². The number of aliphatic hydroxyl groups is 1. The van der Waals surface area contributed by atoms with Crippen molar-refractivity contribution in [3.8, 4) is 38.6 Å². The molecule has 6 N–H and O–H groups in total. The topological polar surface area (TPSA) is 220 Å². The highest BCUT2D eigenvalue weighted by atomic mass is 32.1. The van der Waals surface area contributed by atoms with Crippen LogP contribution < -0.4 is 16.4 Å². The average Bonchev–Trinajstić information content (AvgIpc) is 3.98. The van der Waals surface area contributed by atoms with E-state index >= 15 is 0 Å². The third-order valence-corrected chi connectivity index (χ3v) is 11.1. The van der Waals surface area contributed by atoms with Gasteiger partial charge in [-0.2, -0.15) is 5.10 Å². The number of para-hydroxylation sites is 1. The maximum absolute atomic E-state index is 13.8. The molecule has 0 unspecified atom stereocenters. The molecule has 312 valence electrons. The van der Waals surface area contributed by atoms with Crippen LogP contribution in [0.1, 0.15) is 50.9 Å². The zero-order chi connectivity index (χ0) is 42.1. The van der Waals surface area contributed by atoms with E-state index < -0.39 is 24.1 Å².